The van der Waals surface area contributed by atoms with Gasteiger partial charge in [-0.05, 0) is 31.9 Å². The highest BCUT2D eigenvalue weighted by Crippen LogP contribution is 2.30. The lowest BCUT2D eigenvalue weighted by Crippen LogP contribution is -2.39. The molecule has 1 saturated carbocycles. The highest BCUT2D eigenvalue weighted by molar-refractivity contribution is 5.83. The van der Waals surface area contributed by atoms with Gasteiger partial charge in [0.2, 0.25) is 5.91 Å². The molecule has 0 aliphatic heterocycles. The summed E-state index contributed by atoms with van der Waals surface area (Å²) in [6.45, 7) is 2.37. The van der Waals surface area contributed by atoms with Gasteiger partial charge in [-0.15, -0.1) is 0 Å². The van der Waals surface area contributed by atoms with E-state index in [1.54, 1.807) is 17.1 Å². The Morgan fingerprint density at radius 3 is 2.86 bits per heavy atom. The first-order valence-electron chi connectivity index (χ1n) is 7.14. The summed E-state index contributed by atoms with van der Waals surface area (Å²) in [6.07, 6.45) is 5.49. The largest absolute Gasteiger partial charge is 0.464 e. The number of carbonyl (C=O) groups excluding carboxylic acids is 1. The van der Waals surface area contributed by atoms with Crippen LogP contribution in [0.15, 0.2) is 28.9 Å². The number of nitrogens with two attached hydrogens (primary N) is 1. The predicted octanol–water partition coefficient (Wildman–Crippen LogP) is 1.51. The summed E-state index contributed by atoms with van der Waals surface area (Å²) in [5.74, 6) is 1.58. The maximum atomic E-state index is 12.7. The molecular weight excluding hydrogens is 268 g/mol. The minimum atomic E-state index is -0.671. The molecule has 0 spiro atoms. The summed E-state index contributed by atoms with van der Waals surface area (Å²) in [7, 11) is 1.81. The summed E-state index contributed by atoms with van der Waals surface area (Å²) in [6, 6.07) is 3.43. The number of amides is 1. The lowest BCUT2D eigenvalue weighted by atomic mass is 10.1. The van der Waals surface area contributed by atoms with Crippen LogP contribution in [-0.2, 0) is 18.4 Å². The van der Waals surface area contributed by atoms with Crippen molar-refractivity contribution in [2.24, 2.45) is 12.8 Å². The van der Waals surface area contributed by atoms with Crippen LogP contribution in [0.4, 0.5) is 0 Å². The van der Waals surface area contributed by atoms with Crippen molar-refractivity contribution in [1.29, 1.82) is 0 Å². The van der Waals surface area contributed by atoms with Crippen LogP contribution in [0.5, 0.6) is 0 Å². The van der Waals surface area contributed by atoms with Gasteiger partial charge in [-0.25, -0.2) is 0 Å². The third-order valence-electron chi connectivity index (χ3n) is 3.74. The highest BCUT2D eigenvalue weighted by Gasteiger charge is 2.36. The van der Waals surface area contributed by atoms with Gasteiger partial charge in [-0.1, -0.05) is 0 Å². The van der Waals surface area contributed by atoms with E-state index in [9.17, 15) is 4.79 Å². The Balaban J connectivity index is 1.75. The van der Waals surface area contributed by atoms with Crippen LogP contribution in [0.1, 0.15) is 36.0 Å². The molecule has 1 aliphatic carbocycles. The second-order valence-corrected chi connectivity index (χ2v) is 5.63. The molecule has 1 atom stereocenters. The Bertz CT molecular complexity index is 642. The predicted molar refractivity (Wildman–Crippen MR) is 77.2 cm³/mol. The average molecular weight is 288 g/mol. The molecule has 2 aromatic rings. The SMILES string of the molecule is Cc1ccc(CN(C(=O)C(N)c2cnn(C)c2)C2CC2)o1. The molecule has 0 radical (unpaired) electrons. The van der Waals surface area contributed by atoms with Gasteiger partial charge in [0.25, 0.3) is 0 Å². The van der Waals surface area contributed by atoms with E-state index >= 15 is 0 Å². The molecule has 0 bridgehead atoms. The molecule has 2 N–H and O–H groups in total. The Labute approximate surface area is 123 Å². The van der Waals surface area contributed by atoms with Crippen LogP contribution in [-0.4, -0.2) is 26.6 Å². The van der Waals surface area contributed by atoms with E-state index < -0.39 is 6.04 Å². The van der Waals surface area contributed by atoms with Gasteiger partial charge in [0, 0.05) is 24.8 Å². The fraction of sp³-hybridized carbons (Fsp3) is 0.467. The second kappa shape index (κ2) is 5.37. The summed E-state index contributed by atoms with van der Waals surface area (Å²) in [4.78, 5) is 14.5. The van der Waals surface area contributed by atoms with Crippen molar-refractivity contribution in [3.05, 3.63) is 41.6 Å². The maximum Gasteiger partial charge on any atom is 0.244 e. The zero-order chi connectivity index (χ0) is 15.0. The second-order valence-electron chi connectivity index (χ2n) is 5.63. The van der Waals surface area contributed by atoms with Crippen LogP contribution in [0, 0.1) is 6.92 Å². The summed E-state index contributed by atoms with van der Waals surface area (Å²) < 4.78 is 7.23. The molecule has 6 heteroatoms. The molecule has 0 aromatic carbocycles. The van der Waals surface area contributed by atoms with E-state index in [1.807, 2.05) is 31.0 Å². The van der Waals surface area contributed by atoms with Gasteiger partial charge in [-0.2, -0.15) is 5.10 Å². The number of carbonyl (C=O) groups is 1. The lowest BCUT2D eigenvalue weighted by molar-refractivity contribution is -0.134. The molecule has 1 fully saturated rings. The summed E-state index contributed by atoms with van der Waals surface area (Å²) >= 11 is 0. The number of rotatable bonds is 5. The molecule has 1 aliphatic rings. The smallest absolute Gasteiger partial charge is 0.244 e. The minimum Gasteiger partial charge on any atom is -0.464 e. The monoisotopic (exact) mass is 288 g/mol. The van der Waals surface area contributed by atoms with Crippen LogP contribution >= 0.6 is 0 Å². The van der Waals surface area contributed by atoms with Gasteiger partial charge < -0.3 is 15.1 Å². The average Bonchev–Trinajstić information content (AvgIpc) is 3.08. The first-order chi connectivity index (χ1) is 10.0. The van der Waals surface area contributed by atoms with Crippen LogP contribution in [0.3, 0.4) is 0 Å². The molecule has 21 heavy (non-hydrogen) atoms. The fourth-order valence-corrected chi connectivity index (χ4v) is 2.43. The standard InChI is InChI=1S/C15H20N4O2/c1-10-3-6-13(21-10)9-19(12-4-5-12)15(20)14(16)11-7-17-18(2)8-11/h3,6-8,12,14H,4-5,9,16H2,1-2H3. The van der Waals surface area contributed by atoms with Crippen LogP contribution in [0.2, 0.25) is 0 Å². The Morgan fingerprint density at radius 2 is 2.33 bits per heavy atom. The van der Waals surface area contributed by atoms with Gasteiger partial charge in [-0.3, -0.25) is 9.48 Å². The van der Waals surface area contributed by atoms with Crippen molar-refractivity contribution in [2.45, 2.75) is 38.4 Å². The van der Waals surface area contributed by atoms with Gasteiger partial charge in [0.05, 0.1) is 12.7 Å². The number of aryl methyl sites for hydroxylation is 2. The van der Waals surface area contributed by atoms with Crippen molar-refractivity contribution in [2.75, 3.05) is 0 Å². The van der Waals surface area contributed by atoms with Crippen molar-refractivity contribution < 1.29 is 9.21 Å². The molecule has 112 valence electrons. The van der Waals surface area contributed by atoms with E-state index in [0.717, 1.165) is 29.9 Å². The molecule has 2 heterocycles. The van der Waals surface area contributed by atoms with Gasteiger partial charge >= 0.3 is 0 Å². The zero-order valence-corrected chi connectivity index (χ0v) is 12.3. The van der Waals surface area contributed by atoms with Gasteiger partial charge in [0.15, 0.2) is 0 Å². The van der Waals surface area contributed by atoms with Crippen molar-refractivity contribution in [3.63, 3.8) is 0 Å². The number of hydrogen-bond donors (Lipinski definition) is 1. The quantitative estimate of drug-likeness (QED) is 0.904. The first-order valence-corrected chi connectivity index (χ1v) is 7.14. The van der Waals surface area contributed by atoms with E-state index in [1.165, 1.54) is 0 Å². The lowest BCUT2D eigenvalue weighted by Gasteiger charge is -2.24. The normalized spacial score (nSPS) is 16.0. The number of nitrogens with zero attached hydrogens (tertiary/aromatic N) is 3. The minimum absolute atomic E-state index is 0.0699. The molecule has 1 unspecified atom stereocenters. The summed E-state index contributed by atoms with van der Waals surface area (Å²) in [5.41, 5.74) is 6.84. The highest BCUT2D eigenvalue weighted by atomic mass is 16.3. The molecule has 6 nitrogen and oxygen atoms in total. The van der Waals surface area contributed by atoms with Crippen LogP contribution in [0.25, 0.3) is 0 Å². The molecular formula is C15H20N4O2. The number of aromatic nitrogens is 2. The van der Waals surface area contributed by atoms with Crippen molar-refractivity contribution in [3.8, 4) is 0 Å². The third kappa shape index (κ3) is 3.00. The van der Waals surface area contributed by atoms with E-state index in [-0.39, 0.29) is 11.9 Å². The maximum absolute atomic E-state index is 12.7. The number of hydrogen-bond acceptors (Lipinski definition) is 4. The van der Waals surface area contributed by atoms with Crippen molar-refractivity contribution in [1.82, 2.24) is 14.7 Å². The molecule has 3 rings (SSSR count). The Morgan fingerprint density at radius 1 is 1.57 bits per heavy atom. The zero-order valence-electron chi connectivity index (χ0n) is 12.3. The molecule has 0 saturated heterocycles. The topological polar surface area (TPSA) is 77.3 Å². The van der Waals surface area contributed by atoms with Crippen LogP contribution < -0.4 is 5.73 Å². The van der Waals surface area contributed by atoms with E-state index in [0.29, 0.717) is 6.54 Å². The Kier molecular flexibility index (Phi) is 3.55. The van der Waals surface area contributed by atoms with Crippen molar-refractivity contribution >= 4 is 5.91 Å². The first kappa shape index (κ1) is 13.9. The molecule has 1 amide bonds. The summed E-state index contributed by atoms with van der Waals surface area (Å²) in [5, 5.41) is 4.07. The Hall–Kier alpha value is -2.08. The third-order valence-corrected chi connectivity index (χ3v) is 3.74. The number of furan rings is 1. The van der Waals surface area contributed by atoms with Gasteiger partial charge in [0.1, 0.15) is 17.6 Å². The van der Waals surface area contributed by atoms with E-state index in [2.05, 4.69) is 5.10 Å². The van der Waals surface area contributed by atoms with E-state index in [4.69, 9.17) is 10.2 Å². The molecule has 2 aromatic heterocycles. The fourth-order valence-electron chi connectivity index (χ4n) is 2.43.